The van der Waals surface area contributed by atoms with Gasteiger partial charge in [-0.3, -0.25) is 4.79 Å². The third kappa shape index (κ3) is 2.07. The van der Waals surface area contributed by atoms with Crippen LogP contribution in [0.1, 0.15) is 36.1 Å². The zero-order valence-corrected chi connectivity index (χ0v) is 9.36. The minimum absolute atomic E-state index is 0.198. The van der Waals surface area contributed by atoms with Gasteiger partial charge in [-0.05, 0) is 6.42 Å². The molecule has 2 heterocycles. The summed E-state index contributed by atoms with van der Waals surface area (Å²) in [4.78, 5) is 18.7. The van der Waals surface area contributed by atoms with Crippen LogP contribution in [-0.4, -0.2) is 27.7 Å². The highest BCUT2D eigenvalue weighted by molar-refractivity contribution is 7.99. The van der Waals surface area contributed by atoms with E-state index in [1.807, 2.05) is 0 Å². The van der Waals surface area contributed by atoms with Crippen LogP contribution in [0, 0.1) is 0 Å². The van der Waals surface area contributed by atoms with Gasteiger partial charge in [-0.2, -0.15) is 0 Å². The lowest BCUT2D eigenvalue weighted by atomic mass is 10.2. The van der Waals surface area contributed by atoms with Crippen LogP contribution in [0.15, 0.2) is 5.03 Å². The largest absolute Gasteiger partial charge is 0.339 e. The summed E-state index contributed by atoms with van der Waals surface area (Å²) >= 11 is 1.32. The number of aryl methyl sites for hydroxylation is 1. The van der Waals surface area contributed by atoms with Crippen molar-refractivity contribution < 1.29 is 9.18 Å². The summed E-state index contributed by atoms with van der Waals surface area (Å²) in [5.41, 5.74) is 0.366. The number of nitrogens with one attached hydrogen (secondary N) is 1. The van der Waals surface area contributed by atoms with Crippen LogP contribution in [0.25, 0.3) is 0 Å². The predicted molar refractivity (Wildman–Crippen MR) is 57.2 cm³/mol. The molecule has 15 heavy (non-hydrogen) atoms. The number of H-pyrrole nitrogens is 1. The molecule has 0 spiro atoms. The van der Waals surface area contributed by atoms with Gasteiger partial charge in [0.1, 0.15) is 16.5 Å². The minimum Gasteiger partial charge on any atom is -0.339 e. The fourth-order valence-corrected chi connectivity index (χ4v) is 2.45. The van der Waals surface area contributed by atoms with E-state index >= 15 is 0 Å². The molecule has 3 nitrogen and oxygen atoms in total. The number of alkyl halides is 1. The second-order valence-electron chi connectivity index (χ2n) is 3.61. The summed E-state index contributed by atoms with van der Waals surface area (Å²) in [6.07, 6.45) is 1.57. The molecule has 0 amide bonds. The van der Waals surface area contributed by atoms with E-state index in [-0.39, 0.29) is 5.75 Å². The van der Waals surface area contributed by atoms with Crippen LogP contribution in [-0.2, 0) is 6.42 Å². The van der Waals surface area contributed by atoms with E-state index < -0.39 is 12.0 Å². The Balaban J connectivity index is 2.20. The van der Waals surface area contributed by atoms with Gasteiger partial charge in [-0.15, -0.1) is 11.8 Å². The number of Topliss-reactive ketones (excluding diaryl/α,β-unsaturated/α-hetero) is 1. The molecular formula is C10H13FN2OS. The molecule has 0 saturated carbocycles. The summed E-state index contributed by atoms with van der Waals surface area (Å²) in [5.74, 6) is 0.556. The molecular weight excluding hydrogens is 215 g/mol. The molecule has 2 rings (SSSR count). The maximum Gasteiger partial charge on any atom is 0.216 e. The fourth-order valence-electron chi connectivity index (χ4n) is 1.52. The Morgan fingerprint density at radius 1 is 1.67 bits per heavy atom. The van der Waals surface area contributed by atoms with E-state index in [2.05, 4.69) is 16.9 Å². The molecule has 0 radical (unpaired) electrons. The Morgan fingerprint density at radius 3 is 3.20 bits per heavy atom. The van der Waals surface area contributed by atoms with E-state index in [1.54, 1.807) is 0 Å². The lowest BCUT2D eigenvalue weighted by Gasteiger charge is -2.11. The standard InChI is InChI=1S/C10H13FN2OS/c1-2-3-4-7-12-8-9(14)6(11)5-15-10(8)13-7/h6H,2-5H2,1H3,(H,12,13). The van der Waals surface area contributed by atoms with Crippen molar-refractivity contribution in [1.82, 2.24) is 9.97 Å². The first kappa shape index (κ1) is 10.7. The Kier molecular flexibility index (Phi) is 3.09. The Labute approximate surface area is 91.9 Å². The van der Waals surface area contributed by atoms with Crippen LogP contribution in [0.4, 0.5) is 4.39 Å². The SMILES string of the molecule is CCCCc1nc2c([nH]1)C(=O)C(F)CS2. The molecule has 1 aliphatic rings. The van der Waals surface area contributed by atoms with Crippen molar-refractivity contribution in [3.05, 3.63) is 11.5 Å². The summed E-state index contributed by atoms with van der Waals surface area (Å²) in [6.45, 7) is 2.10. The Morgan fingerprint density at radius 2 is 2.47 bits per heavy atom. The van der Waals surface area contributed by atoms with Gasteiger partial charge in [0.25, 0.3) is 0 Å². The number of hydrogen-bond acceptors (Lipinski definition) is 3. The van der Waals surface area contributed by atoms with Gasteiger partial charge in [-0.1, -0.05) is 13.3 Å². The number of rotatable bonds is 3. The van der Waals surface area contributed by atoms with E-state index in [9.17, 15) is 9.18 Å². The molecule has 1 aromatic rings. The van der Waals surface area contributed by atoms with Crippen molar-refractivity contribution in [2.45, 2.75) is 37.4 Å². The fraction of sp³-hybridized carbons (Fsp3) is 0.600. The van der Waals surface area contributed by atoms with E-state index in [0.29, 0.717) is 10.7 Å². The number of unbranched alkanes of at least 4 members (excludes halogenated alkanes) is 1. The first-order valence-electron chi connectivity index (χ1n) is 5.12. The molecule has 1 aliphatic heterocycles. The number of ketones is 1. The molecule has 82 valence electrons. The van der Waals surface area contributed by atoms with E-state index in [0.717, 1.165) is 25.1 Å². The molecule has 0 saturated heterocycles. The Bertz CT molecular complexity index is 377. The third-order valence-electron chi connectivity index (χ3n) is 2.38. The second kappa shape index (κ2) is 4.35. The zero-order valence-electron chi connectivity index (χ0n) is 8.55. The van der Waals surface area contributed by atoms with Crippen LogP contribution < -0.4 is 0 Å². The predicted octanol–water partition coefficient (Wildman–Crippen LogP) is 2.38. The van der Waals surface area contributed by atoms with Crippen molar-refractivity contribution in [1.29, 1.82) is 0 Å². The molecule has 0 aromatic carbocycles. The zero-order chi connectivity index (χ0) is 10.8. The number of aromatic amines is 1. The monoisotopic (exact) mass is 228 g/mol. The number of aromatic nitrogens is 2. The van der Waals surface area contributed by atoms with Gasteiger partial charge in [0.05, 0.1) is 0 Å². The van der Waals surface area contributed by atoms with Crippen molar-refractivity contribution in [3.8, 4) is 0 Å². The van der Waals surface area contributed by atoms with Gasteiger partial charge in [0.2, 0.25) is 5.78 Å². The number of carbonyl (C=O) groups is 1. The van der Waals surface area contributed by atoms with Gasteiger partial charge in [-0.25, -0.2) is 9.37 Å². The quantitative estimate of drug-likeness (QED) is 0.864. The van der Waals surface area contributed by atoms with Crippen LogP contribution >= 0.6 is 11.8 Å². The van der Waals surface area contributed by atoms with Crippen molar-refractivity contribution in [2.75, 3.05) is 5.75 Å². The van der Waals surface area contributed by atoms with Crippen molar-refractivity contribution >= 4 is 17.5 Å². The molecule has 1 atom stereocenters. The normalized spacial score (nSPS) is 20.4. The minimum atomic E-state index is -1.37. The molecule has 1 unspecified atom stereocenters. The summed E-state index contributed by atoms with van der Waals surface area (Å²) in [6, 6.07) is 0. The third-order valence-corrected chi connectivity index (χ3v) is 3.41. The number of imidazole rings is 1. The van der Waals surface area contributed by atoms with Crippen molar-refractivity contribution in [2.24, 2.45) is 0 Å². The average molecular weight is 228 g/mol. The number of nitrogens with zero attached hydrogens (tertiary/aromatic N) is 1. The van der Waals surface area contributed by atoms with Crippen molar-refractivity contribution in [3.63, 3.8) is 0 Å². The highest BCUT2D eigenvalue weighted by Crippen LogP contribution is 2.29. The second-order valence-corrected chi connectivity index (χ2v) is 4.62. The van der Waals surface area contributed by atoms with Gasteiger partial charge >= 0.3 is 0 Å². The van der Waals surface area contributed by atoms with E-state index in [1.165, 1.54) is 11.8 Å². The van der Waals surface area contributed by atoms with Crippen LogP contribution in [0.3, 0.4) is 0 Å². The lowest BCUT2D eigenvalue weighted by molar-refractivity contribution is 0.0885. The topological polar surface area (TPSA) is 45.8 Å². The number of carbonyl (C=O) groups excluding carboxylic acids is 1. The lowest BCUT2D eigenvalue weighted by Crippen LogP contribution is -2.23. The molecule has 0 aliphatic carbocycles. The summed E-state index contributed by atoms with van der Waals surface area (Å²) < 4.78 is 13.1. The highest BCUT2D eigenvalue weighted by atomic mass is 32.2. The molecule has 0 bridgehead atoms. The number of halogens is 1. The number of thioether (sulfide) groups is 1. The van der Waals surface area contributed by atoms with Crippen LogP contribution in [0.5, 0.6) is 0 Å². The molecule has 1 aromatic heterocycles. The summed E-state index contributed by atoms with van der Waals surface area (Å²) in [5, 5.41) is 0.667. The smallest absolute Gasteiger partial charge is 0.216 e. The molecule has 1 N–H and O–H groups in total. The first-order chi connectivity index (χ1) is 7.22. The average Bonchev–Trinajstić information content (AvgIpc) is 2.64. The molecule has 0 fully saturated rings. The van der Waals surface area contributed by atoms with E-state index in [4.69, 9.17) is 0 Å². The van der Waals surface area contributed by atoms with Crippen LogP contribution in [0.2, 0.25) is 0 Å². The maximum atomic E-state index is 13.1. The maximum absolute atomic E-state index is 13.1. The van der Waals surface area contributed by atoms with Gasteiger partial charge in [0.15, 0.2) is 6.17 Å². The van der Waals surface area contributed by atoms with Gasteiger partial charge < -0.3 is 4.98 Å². The number of hydrogen-bond donors (Lipinski definition) is 1. The van der Waals surface area contributed by atoms with Gasteiger partial charge in [0, 0.05) is 12.2 Å². The summed E-state index contributed by atoms with van der Waals surface area (Å²) in [7, 11) is 0. The Hall–Kier alpha value is -0.840. The highest BCUT2D eigenvalue weighted by Gasteiger charge is 2.30. The molecule has 5 heteroatoms. The number of fused-ring (bicyclic) bond motifs is 1. The first-order valence-corrected chi connectivity index (χ1v) is 6.11.